The van der Waals surface area contributed by atoms with E-state index in [2.05, 4.69) is 33.9 Å². The van der Waals surface area contributed by atoms with Gasteiger partial charge in [0, 0.05) is 18.0 Å². The van der Waals surface area contributed by atoms with Crippen LogP contribution in [0.3, 0.4) is 0 Å². The number of rotatable bonds is 2. The quantitative estimate of drug-likeness (QED) is 0.698. The van der Waals surface area contributed by atoms with Crippen molar-refractivity contribution in [3.05, 3.63) is 59.0 Å². The summed E-state index contributed by atoms with van der Waals surface area (Å²) in [5.41, 5.74) is 2.37. The Hall–Kier alpha value is -2.27. The molecule has 0 saturated heterocycles. The number of thiophene rings is 1. The first-order valence-corrected chi connectivity index (χ1v) is 8.43. The maximum Gasteiger partial charge on any atom is 0.141 e. The predicted octanol–water partition coefficient (Wildman–Crippen LogP) is 4.43. The molecule has 0 N–H and O–H groups in total. The lowest BCUT2D eigenvalue weighted by Gasteiger charge is -2.28. The Kier molecular flexibility index (Phi) is 3.58. The highest BCUT2D eigenvalue weighted by atomic mass is 32.1. The van der Waals surface area contributed by atoms with Crippen LogP contribution in [0.5, 0.6) is 0 Å². The molecule has 0 radical (unpaired) electrons. The maximum absolute atomic E-state index is 13.0. The van der Waals surface area contributed by atoms with Crippen LogP contribution in [0.15, 0.2) is 42.7 Å². The normalized spacial score (nSPS) is 15.0. The Morgan fingerprint density at radius 3 is 2.74 bits per heavy atom. The van der Waals surface area contributed by atoms with E-state index in [4.69, 9.17) is 0 Å². The second-order valence-electron chi connectivity index (χ2n) is 5.71. The summed E-state index contributed by atoms with van der Waals surface area (Å²) in [5, 5.41) is 1.13. The minimum Gasteiger partial charge on any atom is -0.352 e. The van der Waals surface area contributed by atoms with Crippen molar-refractivity contribution in [3.63, 3.8) is 0 Å². The van der Waals surface area contributed by atoms with Crippen molar-refractivity contribution < 1.29 is 4.39 Å². The van der Waals surface area contributed by atoms with Crippen molar-refractivity contribution in [2.24, 2.45) is 0 Å². The molecule has 0 amide bonds. The van der Waals surface area contributed by atoms with Gasteiger partial charge in [-0.15, -0.1) is 11.3 Å². The van der Waals surface area contributed by atoms with Crippen LogP contribution in [0.1, 0.15) is 16.9 Å². The number of anilines is 1. The van der Waals surface area contributed by atoms with Crippen molar-refractivity contribution in [3.8, 4) is 0 Å². The molecule has 1 aromatic carbocycles. The molecular weight excluding hydrogens is 309 g/mol. The molecule has 1 aliphatic heterocycles. The van der Waals surface area contributed by atoms with E-state index in [1.54, 1.807) is 17.7 Å². The fourth-order valence-electron chi connectivity index (χ4n) is 3.00. The van der Waals surface area contributed by atoms with Crippen LogP contribution in [0, 0.1) is 12.7 Å². The van der Waals surface area contributed by atoms with Crippen LogP contribution in [-0.2, 0) is 0 Å². The summed E-state index contributed by atoms with van der Waals surface area (Å²) >= 11 is 1.70. The summed E-state index contributed by atoms with van der Waals surface area (Å²) in [6.45, 7) is 3.82. The second kappa shape index (κ2) is 5.74. The molecule has 3 aromatic rings. The van der Waals surface area contributed by atoms with E-state index in [1.807, 2.05) is 12.1 Å². The van der Waals surface area contributed by atoms with Gasteiger partial charge in [-0.3, -0.25) is 0 Å². The standard InChI is InChI=1S/C18H16FN3S/c1-12-10-16-17(20-11-21-18(16)23-12)22-8-6-14(7-9-22)13-2-4-15(19)5-3-13/h2-6,10-11H,7-9H2,1H3. The van der Waals surface area contributed by atoms with E-state index in [1.165, 1.54) is 22.6 Å². The van der Waals surface area contributed by atoms with Gasteiger partial charge in [0.05, 0.1) is 5.39 Å². The molecule has 2 aromatic heterocycles. The third kappa shape index (κ3) is 2.72. The minimum atomic E-state index is -0.192. The summed E-state index contributed by atoms with van der Waals surface area (Å²) in [6, 6.07) is 8.90. The third-order valence-corrected chi connectivity index (χ3v) is 5.11. The Morgan fingerprint density at radius 2 is 2.00 bits per heavy atom. The first-order valence-electron chi connectivity index (χ1n) is 7.62. The summed E-state index contributed by atoms with van der Waals surface area (Å²) in [6.07, 6.45) is 4.79. The molecule has 3 heterocycles. The fraction of sp³-hybridized carbons (Fsp3) is 0.222. The van der Waals surface area contributed by atoms with Crippen LogP contribution in [0.4, 0.5) is 10.2 Å². The van der Waals surface area contributed by atoms with E-state index in [0.717, 1.165) is 41.1 Å². The zero-order valence-corrected chi connectivity index (χ0v) is 13.6. The fourth-order valence-corrected chi connectivity index (χ4v) is 3.84. The Balaban J connectivity index is 1.62. The number of aryl methyl sites for hydroxylation is 1. The molecule has 0 atom stereocenters. The van der Waals surface area contributed by atoms with Crippen molar-refractivity contribution in [1.29, 1.82) is 0 Å². The Bertz CT molecular complexity index is 883. The van der Waals surface area contributed by atoms with Gasteiger partial charge in [0.25, 0.3) is 0 Å². The van der Waals surface area contributed by atoms with Gasteiger partial charge in [-0.25, -0.2) is 14.4 Å². The number of benzene rings is 1. The predicted molar refractivity (Wildman–Crippen MR) is 93.4 cm³/mol. The number of halogens is 1. The van der Waals surface area contributed by atoms with Gasteiger partial charge in [-0.1, -0.05) is 18.2 Å². The topological polar surface area (TPSA) is 29.0 Å². The first kappa shape index (κ1) is 14.3. The molecule has 0 spiro atoms. The van der Waals surface area contributed by atoms with Gasteiger partial charge < -0.3 is 4.90 Å². The van der Waals surface area contributed by atoms with Gasteiger partial charge in [-0.05, 0) is 42.7 Å². The van der Waals surface area contributed by atoms with E-state index in [-0.39, 0.29) is 5.82 Å². The largest absolute Gasteiger partial charge is 0.352 e. The van der Waals surface area contributed by atoms with Crippen molar-refractivity contribution in [1.82, 2.24) is 9.97 Å². The highest BCUT2D eigenvalue weighted by Crippen LogP contribution is 2.32. The summed E-state index contributed by atoms with van der Waals surface area (Å²) in [5.74, 6) is 0.816. The molecule has 0 fully saturated rings. The second-order valence-corrected chi connectivity index (χ2v) is 6.94. The highest BCUT2D eigenvalue weighted by molar-refractivity contribution is 7.18. The molecule has 3 nitrogen and oxygen atoms in total. The summed E-state index contributed by atoms with van der Waals surface area (Å²) < 4.78 is 13.0. The molecule has 0 unspecified atom stereocenters. The van der Waals surface area contributed by atoms with Crippen LogP contribution < -0.4 is 4.90 Å². The van der Waals surface area contributed by atoms with Gasteiger partial charge in [-0.2, -0.15) is 0 Å². The molecule has 1 aliphatic rings. The van der Waals surface area contributed by atoms with Crippen LogP contribution >= 0.6 is 11.3 Å². The smallest absolute Gasteiger partial charge is 0.141 e. The van der Waals surface area contributed by atoms with E-state index in [0.29, 0.717) is 0 Å². The minimum absolute atomic E-state index is 0.192. The lowest BCUT2D eigenvalue weighted by molar-refractivity contribution is 0.627. The number of hydrogen-bond acceptors (Lipinski definition) is 4. The average molecular weight is 325 g/mol. The zero-order valence-electron chi connectivity index (χ0n) is 12.8. The number of hydrogen-bond donors (Lipinski definition) is 0. The monoisotopic (exact) mass is 325 g/mol. The van der Waals surface area contributed by atoms with Gasteiger partial charge in [0.15, 0.2) is 0 Å². The molecule has 5 heteroatoms. The summed E-state index contributed by atoms with van der Waals surface area (Å²) in [7, 11) is 0. The van der Waals surface area contributed by atoms with E-state index < -0.39 is 0 Å². The molecule has 0 saturated carbocycles. The highest BCUT2D eigenvalue weighted by Gasteiger charge is 2.17. The number of aromatic nitrogens is 2. The Labute approximate surface area is 138 Å². The van der Waals surface area contributed by atoms with Gasteiger partial charge in [0.1, 0.15) is 22.8 Å². The van der Waals surface area contributed by atoms with E-state index >= 15 is 0 Å². The summed E-state index contributed by atoms with van der Waals surface area (Å²) in [4.78, 5) is 13.4. The van der Waals surface area contributed by atoms with Crippen molar-refractivity contribution in [2.75, 3.05) is 18.0 Å². The van der Waals surface area contributed by atoms with E-state index in [9.17, 15) is 4.39 Å². The van der Waals surface area contributed by atoms with Crippen LogP contribution in [0.2, 0.25) is 0 Å². The van der Waals surface area contributed by atoms with Crippen molar-refractivity contribution in [2.45, 2.75) is 13.3 Å². The maximum atomic E-state index is 13.0. The Morgan fingerprint density at radius 1 is 1.17 bits per heavy atom. The molecule has 116 valence electrons. The zero-order chi connectivity index (χ0) is 15.8. The van der Waals surface area contributed by atoms with Crippen LogP contribution in [-0.4, -0.2) is 23.1 Å². The van der Waals surface area contributed by atoms with Crippen molar-refractivity contribution >= 4 is 32.9 Å². The number of nitrogens with zero attached hydrogens (tertiary/aromatic N) is 3. The molecule has 4 rings (SSSR count). The molecule has 0 bridgehead atoms. The van der Waals surface area contributed by atoms with Gasteiger partial charge >= 0.3 is 0 Å². The molecule has 0 aliphatic carbocycles. The van der Waals surface area contributed by atoms with Gasteiger partial charge in [0.2, 0.25) is 0 Å². The first-order chi connectivity index (χ1) is 11.2. The third-order valence-electron chi connectivity index (χ3n) is 4.16. The molecule has 23 heavy (non-hydrogen) atoms. The SMILES string of the molecule is Cc1cc2c(N3CC=C(c4ccc(F)cc4)CC3)ncnc2s1. The molecular formula is C18H16FN3S. The number of fused-ring (bicyclic) bond motifs is 1. The van der Waals surface area contributed by atoms with Crippen LogP contribution in [0.25, 0.3) is 15.8 Å². The lowest BCUT2D eigenvalue weighted by Crippen LogP contribution is -2.29. The average Bonchev–Trinajstić information content (AvgIpc) is 2.96. The lowest BCUT2D eigenvalue weighted by atomic mass is 9.99.